The van der Waals surface area contributed by atoms with Crippen molar-refractivity contribution in [3.63, 3.8) is 0 Å². The van der Waals surface area contributed by atoms with Crippen LogP contribution in [0.4, 0.5) is 0 Å². The van der Waals surface area contributed by atoms with E-state index >= 15 is 0 Å². The molecule has 0 unspecified atom stereocenters. The molecule has 0 bridgehead atoms. The molecule has 0 fully saturated rings. The summed E-state index contributed by atoms with van der Waals surface area (Å²) in [4.78, 5) is 0. The SMILES string of the molecule is CCOCCOCCOCCOCC[N+](CCO)(CCO)CCO. The number of hydrogen-bond donors (Lipinski definition) is 3. The van der Waals surface area contributed by atoms with Crippen LogP contribution >= 0.6 is 0 Å². The highest BCUT2D eigenvalue weighted by Gasteiger charge is 2.25. The van der Waals surface area contributed by atoms with Gasteiger partial charge in [0.1, 0.15) is 26.2 Å². The zero-order valence-electron chi connectivity index (χ0n) is 15.0. The van der Waals surface area contributed by atoms with Crippen LogP contribution in [0.1, 0.15) is 6.92 Å². The minimum atomic E-state index is 0.0202. The molecule has 0 aromatic heterocycles. The lowest BCUT2D eigenvalue weighted by Crippen LogP contribution is -2.55. The van der Waals surface area contributed by atoms with Crippen LogP contribution in [0.3, 0.4) is 0 Å². The molecule has 24 heavy (non-hydrogen) atoms. The Bertz CT molecular complexity index is 240. The largest absolute Gasteiger partial charge is 0.391 e. The third-order valence-corrected chi connectivity index (χ3v) is 3.75. The molecular formula is C16H36NO7+. The molecule has 0 heterocycles. The highest BCUT2D eigenvalue weighted by molar-refractivity contribution is 4.45. The molecule has 0 saturated carbocycles. The number of nitrogens with zero attached hydrogens (tertiary/aromatic N) is 1. The van der Waals surface area contributed by atoms with E-state index in [1.807, 2.05) is 6.92 Å². The average molecular weight is 354 g/mol. The maximum absolute atomic E-state index is 9.19. The molecule has 8 nitrogen and oxygen atoms in total. The van der Waals surface area contributed by atoms with Crippen molar-refractivity contribution in [1.29, 1.82) is 0 Å². The van der Waals surface area contributed by atoms with Crippen LogP contribution in [0, 0.1) is 0 Å². The van der Waals surface area contributed by atoms with E-state index in [0.717, 1.165) is 0 Å². The van der Waals surface area contributed by atoms with E-state index in [1.54, 1.807) is 0 Å². The number of hydrogen-bond acceptors (Lipinski definition) is 7. The smallest absolute Gasteiger partial charge is 0.103 e. The summed E-state index contributed by atoms with van der Waals surface area (Å²) in [5.41, 5.74) is 0. The second kappa shape index (κ2) is 17.5. The van der Waals surface area contributed by atoms with Crippen molar-refractivity contribution in [2.45, 2.75) is 6.92 Å². The minimum Gasteiger partial charge on any atom is -0.391 e. The van der Waals surface area contributed by atoms with Gasteiger partial charge in [-0.25, -0.2) is 0 Å². The van der Waals surface area contributed by atoms with Crippen LogP contribution < -0.4 is 0 Å². The van der Waals surface area contributed by atoms with E-state index in [0.29, 0.717) is 83.5 Å². The topological polar surface area (TPSA) is 97.6 Å². The van der Waals surface area contributed by atoms with Gasteiger partial charge in [0.2, 0.25) is 0 Å². The summed E-state index contributed by atoms with van der Waals surface area (Å²) >= 11 is 0. The van der Waals surface area contributed by atoms with Gasteiger partial charge in [0.15, 0.2) is 0 Å². The van der Waals surface area contributed by atoms with E-state index in [1.165, 1.54) is 0 Å². The third kappa shape index (κ3) is 13.0. The quantitative estimate of drug-likeness (QED) is 0.199. The Hall–Kier alpha value is -0.320. The van der Waals surface area contributed by atoms with Gasteiger partial charge in [-0.3, -0.25) is 0 Å². The van der Waals surface area contributed by atoms with E-state index in [-0.39, 0.29) is 19.8 Å². The molecule has 0 rings (SSSR count). The van der Waals surface area contributed by atoms with Crippen molar-refractivity contribution in [3.8, 4) is 0 Å². The average Bonchev–Trinajstić information content (AvgIpc) is 2.56. The van der Waals surface area contributed by atoms with Crippen molar-refractivity contribution < 1.29 is 38.8 Å². The highest BCUT2D eigenvalue weighted by Crippen LogP contribution is 2.05. The molecule has 0 aliphatic rings. The second-order valence-corrected chi connectivity index (χ2v) is 5.44. The second-order valence-electron chi connectivity index (χ2n) is 5.44. The fourth-order valence-corrected chi connectivity index (χ4v) is 2.37. The Labute approximate surface area is 145 Å². The summed E-state index contributed by atoms with van der Waals surface area (Å²) in [7, 11) is 0. The molecule has 0 radical (unpaired) electrons. The molecule has 0 saturated heterocycles. The summed E-state index contributed by atoms with van der Waals surface area (Å²) in [5.74, 6) is 0. The summed E-state index contributed by atoms with van der Waals surface area (Å²) in [6.07, 6.45) is 0. The maximum Gasteiger partial charge on any atom is 0.103 e. The Kier molecular flexibility index (Phi) is 17.3. The van der Waals surface area contributed by atoms with Gasteiger partial charge in [-0.15, -0.1) is 0 Å². The summed E-state index contributed by atoms with van der Waals surface area (Å²) in [6.45, 7) is 8.57. The van der Waals surface area contributed by atoms with Gasteiger partial charge in [-0.2, -0.15) is 0 Å². The van der Waals surface area contributed by atoms with Crippen molar-refractivity contribution in [2.24, 2.45) is 0 Å². The molecule has 0 aliphatic carbocycles. The molecule has 0 aromatic carbocycles. The van der Waals surface area contributed by atoms with E-state index in [9.17, 15) is 15.3 Å². The maximum atomic E-state index is 9.19. The first-order valence-corrected chi connectivity index (χ1v) is 8.73. The normalized spacial score (nSPS) is 12.0. The van der Waals surface area contributed by atoms with Gasteiger partial charge < -0.3 is 38.8 Å². The molecule has 0 amide bonds. The Morgan fingerprint density at radius 3 is 1.29 bits per heavy atom. The van der Waals surface area contributed by atoms with E-state index < -0.39 is 0 Å². The molecule has 0 spiro atoms. The molecule has 0 atom stereocenters. The molecule has 0 aliphatic heterocycles. The van der Waals surface area contributed by atoms with Gasteiger partial charge in [-0.05, 0) is 6.92 Å². The van der Waals surface area contributed by atoms with Gasteiger partial charge in [0.25, 0.3) is 0 Å². The first kappa shape index (κ1) is 23.7. The van der Waals surface area contributed by atoms with Crippen LogP contribution in [-0.2, 0) is 18.9 Å². The number of aliphatic hydroxyl groups is 3. The first-order valence-electron chi connectivity index (χ1n) is 8.73. The number of rotatable bonds is 19. The lowest BCUT2D eigenvalue weighted by Gasteiger charge is -2.37. The molecule has 3 N–H and O–H groups in total. The van der Waals surface area contributed by atoms with E-state index in [4.69, 9.17) is 18.9 Å². The zero-order valence-corrected chi connectivity index (χ0v) is 15.0. The number of ether oxygens (including phenoxy) is 4. The summed E-state index contributed by atoms with van der Waals surface area (Å²) < 4.78 is 21.9. The number of aliphatic hydroxyl groups excluding tert-OH is 3. The Morgan fingerprint density at radius 2 is 0.917 bits per heavy atom. The van der Waals surface area contributed by atoms with Gasteiger partial charge >= 0.3 is 0 Å². The lowest BCUT2D eigenvalue weighted by atomic mass is 10.3. The molecule has 146 valence electrons. The fraction of sp³-hybridized carbons (Fsp3) is 1.00. The molecule has 0 aromatic rings. The van der Waals surface area contributed by atoms with E-state index in [2.05, 4.69) is 0 Å². The van der Waals surface area contributed by atoms with Gasteiger partial charge in [0.05, 0.1) is 66.1 Å². The van der Waals surface area contributed by atoms with Gasteiger partial charge in [0, 0.05) is 6.61 Å². The molecule has 8 heteroatoms. The standard InChI is InChI=1S/C16H36NO7/c1-2-21-11-12-23-15-16-24-14-13-22-10-6-17(3-7-18,4-8-19)5-9-20/h18-20H,2-16H2,1H3/q+1. The summed E-state index contributed by atoms with van der Waals surface area (Å²) in [5, 5.41) is 27.6. The fourth-order valence-electron chi connectivity index (χ4n) is 2.37. The van der Waals surface area contributed by atoms with Gasteiger partial charge in [-0.1, -0.05) is 0 Å². The van der Waals surface area contributed by atoms with Crippen LogP contribution in [0.15, 0.2) is 0 Å². The predicted molar refractivity (Wildman–Crippen MR) is 89.9 cm³/mol. The van der Waals surface area contributed by atoms with Crippen LogP contribution in [0.25, 0.3) is 0 Å². The first-order chi connectivity index (χ1) is 11.7. The van der Waals surface area contributed by atoms with Crippen LogP contribution in [0.2, 0.25) is 0 Å². The molecular weight excluding hydrogens is 318 g/mol. The Balaban J connectivity index is 3.60. The zero-order chi connectivity index (χ0) is 17.9. The summed E-state index contributed by atoms with van der Waals surface area (Å²) in [6, 6.07) is 0. The van der Waals surface area contributed by atoms with Crippen LogP contribution in [0.5, 0.6) is 0 Å². The Morgan fingerprint density at radius 1 is 0.542 bits per heavy atom. The van der Waals surface area contributed by atoms with Crippen molar-refractivity contribution in [3.05, 3.63) is 0 Å². The van der Waals surface area contributed by atoms with Crippen molar-refractivity contribution in [2.75, 3.05) is 98.9 Å². The minimum absolute atomic E-state index is 0.0202. The third-order valence-electron chi connectivity index (χ3n) is 3.75. The lowest BCUT2D eigenvalue weighted by molar-refractivity contribution is -0.929. The van der Waals surface area contributed by atoms with Crippen molar-refractivity contribution >= 4 is 0 Å². The highest BCUT2D eigenvalue weighted by atomic mass is 16.6. The number of quaternary nitrogens is 1. The monoisotopic (exact) mass is 354 g/mol. The predicted octanol–water partition coefficient (Wildman–Crippen LogP) is -1.13. The van der Waals surface area contributed by atoms with Crippen molar-refractivity contribution in [1.82, 2.24) is 0 Å². The van der Waals surface area contributed by atoms with Crippen LogP contribution in [-0.4, -0.2) is 119 Å².